The Morgan fingerprint density at radius 2 is 1.83 bits per heavy atom. The number of hydrogen-bond acceptors (Lipinski definition) is 5. The maximum atomic E-state index is 12.0. The van der Waals surface area contributed by atoms with Gasteiger partial charge in [0, 0.05) is 17.9 Å². The lowest BCUT2D eigenvalue weighted by molar-refractivity contribution is -0.383. The number of aromatic amines is 1. The number of anilines is 1. The van der Waals surface area contributed by atoms with Crippen LogP contribution in [0.1, 0.15) is 16.8 Å². The number of aryl methyl sites for hydroxylation is 1. The van der Waals surface area contributed by atoms with Crippen LogP contribution in [0.3, 0.4) is 0 Å². The maximum absolute atomic E-state index is 12.0. The summed E-state index contributed by atoms with van der Waals surface area (Å²) in [6, 6.07) is 18.1. The second kappa shape index (κ2) is 7.20. The van der Waals surface area contributed by atoms with E-state index in [0.29, 0.717) is 11.8 Å². The Kier molecular flexibility index (Phi) is 4.56. The SMILES string of the molecule is Cc1ccc(Cc2n[nH]c(=O)c3ccccc23)cc1-c1ccc(N)c([N+](=O)[O-])c1. The molecule has 0 fully saturated rings. The number of aromatic nitrogens is 2. The van der Waals surface area contributed by atoms with Crippen LogP contribution in [0, 0.1) is 17.0 Å². The van der Waals surface area contributed by atoms with Crippen molar-refractivity contribution in [3.05, 3.63) is 98.0 Å². The minimum atomic E-state index is -0.478. The van der Waals surface area contributed by atoms with Crippen LogP contribution in [-0.4, -0.2) is 15.1 Å². The van der Waals surface area contributed by atoms with E-state index in [0.717, 1.165) is 33.3 Å². The summed E-state index contributed by atoms with van der Waals surface area (Å²) in [7, 11) is 0. The Hall–Kier alpha value is -4.00. The lowest BCUT2D eigenvalue weighted by Gasteiger charge is -2.11. The fraction of sp³-hybridized carbons (Fsp3) is 0.0909. The number of nitrogens with one attached hydrogen (secondary N) is 1. The first-order valence-corrected chi connectivity index (χ1v) is 9.04. The van der Waals surface area contributed by atoms with Gasteiger partial charge in [-0.25, -0.2) is 5.10 Å². The first-order chi connectivity index (χ1) is 13.9. The molecule has 0 spiro atoms. The van der Waals surface area contributed by atoms with E-state index in [2.05, 4.69) is 10.2 Å². The zero-order chi connectivity index (χ0) is 20.5. The van der Waals surface area contributed by atoms with Crippen LogP contribution in [-0.2, 0) is 6.42 Å². The molecule has 0 radical (unpaired) electrons. The Balaban J connectivity index is 1.78. The quantitative estimate of drug-likeness (QED) is 0.313. The molecule has 0 saturated carbocycles. The normalized spacial score (nSPS) is 10.9. The molecule has 0 aliphatic carbocycles. The fourth-order valence-electron chi connectivity index (χ4n) is 3.46. The van der Waals surface area contributed by atoms with Crippen LogP contribution in [0.2, 0.25) is 0 Å². The number of fused-ring (bicyclic) bond motifs is 1. The van der Waals surface area contributed by atoms with Crippen molar-refractivity contribution < 1.29 is 4.92 Å². The highest BCUT2D eigenvalue weighted by atomic mass is 16.6. The third kappa shape index (κ3) is 3.45. The summed E-state index contributed by atoms with van der Waals surface area (Å²) in [5.74, 6) is 0. The van der Waals surface area contributed by atoms with Gasteiger partial charge in [0.1, 0.15) is 5.69 Å². The van der Waals surface area contributed by atoms with E-state index >= 15 is 0 Å². The van der Waals surface area contributed by atoms with Crippen molar-refractivity contribution in [2.45, 2.75) is 13.3 Å². The van der Waals surface area contributed by atoms with E-state index < -0.39 is 4.92 Å². The van der Waals surface area contributed by atoms with Crippen LogP contribution < -0.4 is 11.3 Å². The van der Waals surface area contributed by atoms with Gasteiger partial charge in [0.25, 0.3) is 11.2 Å². The molecule has 1 aromatic heterocycles. The molecule has 1 heterocycles. The second-order valence-corrected chi connectivity index (χ2v) is 6.90. The minimum absolute atomic E-state index is 0.111. The Bertz CT molecular complexity index is 1310. The van der Waals surface area contributed by atoms with E-state index in [9.17, 15) is 14.9 Å². The molecule has 7 nitrogen and oxygen atoms in total. The maximum Gasteiger partial charge on any atom is 0.292 e. The van der Waals surface area contributed by atoms with Gasteiger partial charge in [-0.05, 0) is 41.3 Å². The van der Waals surface area contributed by atoms with E-state index in [4.69, 9.17) is 5.73 Å². The highest BCUT2D eigenvalue weighted by molar-refractivity contribution is 5.83. The summed E-state index contributed by atoms with van der Waals surface area (Å²) in [6.45, 7) is 1.95. The minimum Gasteiger partial charge on any atom is -0.393 e. The fourth-order valence-corrected chi connectivity index (χ4v) is 3.46. The lowest BCUT2D eigenvalue weighted by atomic mass is 9.95. The van der Waals surface area contributed by atoms with Crippen molar-refractivity contribution in [2.24, 2.45) is 0 Å². The first kappa shape index (κ1) is 18.4. The third-order valence-corrected chi connectivity index (χ3v) is 4.99. The van der Waals surface area contributed by atoms with Crippen molar-refractivity contribution in [3.8, 4) is 11.1 Å². The molecule has 0 atom stereocenters. The first-order valence-electron chi connectivity index (χ1n) is 9.04. The summed E-state index contributed by atoms with van der Waals surface area (Å²) >= 11 is 0. The van der Waals surface area contributed by atoms with Crippen molar-refractivity contribution in [2.75, 3.05) is 5.73 Å². The second-order valence-electron chi connectivity index (χ2n) is 6.90. The Morgan fingerprint density at radius 3 is 2.59 bits per heavy atom. The van der Waals surface area contributed by atoms with Crippen LogP contribution in [0.25, 0.3) is 21.9 Å². The molecule has 29 heavy (non-hydrogen) atoms. The molecule has 144 valence electrons. The number of rotatable bonds is 4. The summed E-state index contributed by atoms with van der Waals surface area (Å²) in [5, 5.41) is 19.4. The molecule has 3 N–H and O–H groups in total. The molecule has 0 unspecified atom stereocenters. The summed E-state index contributed by atoms with van der Waals surface area (Å²) < 4.78 is 0. The van der Waals surface area contributed by atoms with Gasteiger partial charge in [-0.1, -0.05) is 42.5 Å². The lowest BCUT2D eigenvalue weighted by Crippen LogP contribution is -2.11. The average Bonchev–Trinajstić information content (AvgIpc) is 2.72. The van der Waals surface area contributed by atoms with Crippen LogP contribution >= 0.6 is 0 Å². The van der Waals surface area contributed by atoms with Crippen molar-refractivity contribution in [3.63, 3.8) is 0 Å². The topological polar surface area (TPSA) is 115 Å². The molecule has 7 heteroatoms. The summed E-state index contributed by atoms with van der Waals surface area (Å²) in [4.78, 5) is 22.8. The van der Waals surface area contributed by atoms with Crippen LogP contribution in [0.5, 0.6) is 0 Å². The summed E-state index contributed by atoms with van der Waals surface area (Å²) in [5.41, 5.74) is 9.88. The number of hydrogen-bond donors (Lipinski definition) is 2. The van der Waals surface area contributed by atoms with Gasteiger partial charge in [-0.15, -0.1) is 0 Å². The standard InChI is InChI=1S/C22H18N4O3/c1-13-6-7-14(10-18(13)15-8-9-19(23)21(12-15)26(28)29)11-20-16-4-2-3-5-17(16)22(27)25-24-20/h2-10,12H,11,23H2,1H3,(H,25,27). The Labute approximate surface area is 166 Å². The van der Waals surface area contributed by atoms with Gasteiger partial charge >= 0.3 is 0 Å². The molecular weight excluding hydrogens is 368 g/mol. The number of benzene rings is 3. The molecule has 3 aromatic carbocycles. The van der Waals surface area contributed by atoms with Crippen molar-refractivity contribution in [1.82, 2.24) is 10.2 Å². The highest BCUT2D eigenvalue weighted by Crippen LogP contribution is 2.31. The predicted octanol–water partition coefficient (Wildman–Crippen LogP) is 3.98. The van der Waals surface area contributed by atoms with E-state index in [-0.39, 0.29) is 16.9 Å². The number of nitrogen functional groups attached to an aromatic ring is 1. The number of H-pyrrole nitrogens is 1. The molecule has 0 amide bonds. The monoisotopic (exact) mass is 386 g/mol. The number of nitro groups is 1. The molecule has 0 aliphatic rings. The molecule has 0 saturated heterocycles. The van der Waals surface area contributed by atoms with E-state index in [1.807, 2.05) is 43.3 Å². The zero-order valence-electron chi connectivity index (χ0n) is 15.7. The number of nitrogens with zero attached hydrogens (tertiary/aromatic N) is 2. The molecular formula is C22H18N4O3. The smallest absolute Gasteiger partial charge is 0.292 e. The zero-order valence-corrected chi connectivity index (χ0v) is 15.7. The molecule has 4 rings (SSSR count). The number of nitro benzene ring substituents is 1. The van der Waals surface area contributed by atoms with Gasteiger partial charge in [-0.2, -0.15) is 5.10 Å². The molecule has 0 bridgehead atoms. The van der Waals surface area contributed by atoms with Crippen LogP contribution in [0.15, 0.2) is 65.5 Å². The van der Waals surface area contributed by atoms with Gasteiger partial charge in [0.05, 0.1) is 16.0 Å². The average molecular weight is 386 g/mol. The molecule has 4 aromatic rings. The number of nitrogens with two attached hydrogens (primary N) is 1. The van der Waals surface area contributed by atoms with Crippen molar-refractivity contribution in [1.29, 1.82) is 0 Å². The molecule has 0 aliphatic heterocycles. The van der Waals surface area contributed by atoms with E-state index in [1.54, 1.807) is 18.2 Å². The summed E-state index contributed by atoms with van der Waals surface area (Å²) in [6.07, 6.45) is 0.516. The van der Waals surface area contributed by atoms with Gasteiger partial charge < -0.3 is 5.73 Å². The predicted molar refractivity (Wildman–Crippen MR) is 113 cm³/mol. The van der Waals surface area contributed by atoms with Crippen molar-refractivity contribution >= 4 is 22.1 Å². The van der Waals surface area contributed by atoms with Gasteiger partial charge in [0.2, 0.25) is 0 Å². The van der Waals surface area contributed by atoms with Gasteiger partial charge in [0.15, 0.2) is 0 Å². The highest BCUT2D eigenvalue weighted by Gasteiger charge is 2.15. The van der Waals surface area contributed by atoms with Gasteiger partial charge in [-0.3, -0.25) is 14.9 Å². The van der Waals surface area contributed by atoms with Crippen LogP contribution in [0.4, 0.5) is 11.4 Å². The van der Waals surface area contributed by atoms with E-state index in [1.165, 1.54) is 6.07 Å². The third-order valence-electron chi connectivity index (χ3n) is 4.99. The Morgan fingerprint density at radius 1 is 1.07 bits per heavy atom. The largest absolute Gasteiger partial charge is 0.393 e.